The van der Waals surface area contributed by atoms with Crippen LogP contribution in [0.2, 0.25) is 0 Å². The minimum absolute atomic E-state index is 0. The molecule has 0 saturated heterocycles. The molecule has 5 nitrogen and oxygen atoms in total. The normalized spacial score (nSPS) is 10.1. The van der Waals surface area contributed by atoms with Crippen molar-refractivity contribution < 1.29 is 4.79 Å². The minimum Gasteiger partial charge on any atom is -0.349 e. The molecule has 0 spiro atoms. The molecule has 0 bridgehead atoms. The van der Waals surface area contributed by atoms with Crippen molar-refractivity contribution in [1.29, 1.82) is 0 Å². The van der Waals surface area contributed by atoms with E-state index in [1.165, 1.54) is 11.3 Å². The molecule has 8 heteroatoms. The van der Waals surface area contributed by atoms with Crippen molar-refractivity contribution in [2.24, 2.45) is 5.73 Å². The second-order valence-corrected chi connectivity index (χ2v) is 5.44. The standard InChI is InChI=1S/C12H22N4OS.2ClH/c1-9(2)16(3)7-6-14-12(17)10-8-18-11(15-10)4-5-13;;/h8-9H,4-7,13H2,1-3H3,(H,14,17);2*1H. The molecule has 20 heavy (non-hydrogen) atoms. The number of carbonyl (C=O) groups excluding carboxylic acids is 1. The number of aromatic nitrogens is 1. The van der Waals surface area contributed by atoms with E-state index in [9.17, 15) is 4.79 Å². The van der Waals surface area contributed by atoms with Gasteiger partial charge in [0.25, 0.3) is 5.91 Å². The zero-order chi connectivity index (χ0) is 13.5. The van der Waals surface area contributed by atoms with Crippen LogP contribution in [-0.2, 0) is 6.42 Å². The number of amides is 1. The molecule has 3 N–H and O–H groups in total. The molecule has 0 aromatic carbocycles. The molecule has 1 aromatic rings. The largest absolute Gasteiger partial charge is 0.349 e. The molecule has 0 aliphatic rings. The number of nitrogens with two attached hydrogens (primary N) is 1. The van der Waals surface area contributed by atoms with E-state index in [0.717, 1.165) is 18.0 Å². The highest BCUT2D eigenvalue weighted by Crippen LogP contribution is 2.09. The molecule has 0 unspecified atom stereocenters. The summed E-state index contributed by atoms with van der Waals surface area (Å²) in [6.07, 6.45) is 0.730. The van der Waals surface area contributed by atoms with Crippen LogP contribution < -0.4 is 11.1 Å². The van der Waals surface area contributed by atoms with Crippen LogP contribution in [0.25, 0.3) is 0 Å². The first kappa shape index (κ1) is 21.9. The van der Waals surface area contributed by atoms with Gasteiger partial charge in [-0.15, -0.1) is 36.2 Å². The fraction of sp³-hybridized carbons (Fsp3) is 0.667. The summed E-state index contributed by atoms with van der Waals surface area (Å²) in [5.74, 6) is -0.105. The van der Waals surface area contributed by atoms with Crippen LogP contribution in [-0.4, -0.2) is 48.5 Å². The van der Waals surface area contributed by atoms with E-state index in [4.69, 9.17) is 5.73 Å². The smallest absolute Gasteiger partial charge is 0.270 e. The lowest BCUT2D eigenvalue weighted by Gasteiger charge is -2.20. The molecule has 0 fully saturated rings. The molecule has 1 heterocycles. The molecular weight excluding hydrogens is 319 g/mol. The Kier molecular flexibility index (Phi) is 12.3. The lowest BCUT2D eigenvalue weighted by molar-refractivity contribution is 0.0943. The molecule has 0 radical (unpaired) electrons. The lowest BCUT2D eigenvalue weighted by Crippen LogP contribution is -2.36. The number of thiazole rings is 1. The summed E-state index contributed by atoms with van der Waals surface area (Å²) in [7, 11) is 2.04. The number of nitrogens with one attached hydrogen (secondary N) is 1. The minimum atomic E-state index is -0.105. The Labute approximate surface area is 137 Å². The van der Waals surface area contributed by atoms with Gasteiger partial charge in [0.05, 0.1) is 5.01 Å². The second kappa shape index (κ2) is 11.3. The SMILES string of the molecule is CC(C)N(C)CCNC(=O)c1csc(CCN)n1.Cl.Cl. The molecule has 0 aliphatic carbocycles. The highest BCUT2D eigenvalue weighted by Gasteiger charge is 2.10. The van der Waals surface area contributed by atoms with E-state index in [1.54, 1.807) is 5.38 Å². The summed E-state index contributed by atoms with van der Waals surface area (Å²) in [6, 6.07) is 0.484. The monoisotopic (exact) mass is 342 g/mol. The van der Waals surface area contributed by atoms with E-state index in [1.807, 2.05) is 7.05 Å². The highest BCUT2D eigenvalue weighted by atomic mass is 35.5. The van der Waals surface area contributed by atoms with Gasteiger partial charge in [-0.3, -0.25) is 4.79 Å². The highest BCUT2D eigenvalue weighted by molar-refractivity contribution is 7.09. The van der Waals surface area contributed by atoms with E-state index >= 15 is 0 Å². The topological polar surface area (TPSA) is 71.2 Å². The molecule has 0 atom stereocenters. The number of hydrogen-bond acceptors (Lipinski definition) is 5. The third-order valence-corrected chi connectivity index (χ3v) is 3.68. The van der Waals surface area contributed by atoms with Gasteiger partial charge >= 0.3 is 0 Å². The van der Waals surface area contributed by atoms with Gasteiger partial charge in [-0.25, -0.2) is 4.98 Å². The van der Waals surface area contributed by atoms with Crippen LogP contribution in [0.4, 0.5) is 0 Å². The molecule has 1 rings (SSSR count). The number of nitrogens with zero attached hydrogens (tertiary/aromatic N) is 2. The zero-order valence-corrected chi connectivity index (χ0v) is 14.5. The van der Waals surface area contributed by atoms with E-state index in [2.05, 4.69) is 29.0 Å². The summed E-state index contributed by atoms with van der Waals surface area (Å²) < 4.78 is 0. The van der Waals surface area contributed by atoms with Crippen LogP contribution in [0.1, 0.15) is 29.3 Å². The Morgan fingerprint density at radius 2 is 2.15 bits per heavy atom. The molecule has 0 aliphatic heterocycles. The van der Waals surface area contributed by atoms with Crippen molar-refractivity contribution in [3.05, 3.63) is 16.1 Å². The predicted molar refractivity (Wildman–Crippen MR) is 89.5 cm³/mol. The van der Waals surface area contributed by atoms with Crippen molar-refractivity contribution >= 4 is 42.1 Å². The average Bonchev–Trinajstić information content (AvgIpc) is 2.77. The van der Waals surface area contributed by atoms with Gasteiger partial charge in [-0.05, 0) is 27.4 Å². The molecule has 118 valence electrons. The summed E-state index contributed by atoms with van der Waals surface area (Å²) in [5, 5.41) is 5.58. The predicted octanol–water partition coefficient (Wildman–Crippen LogP) is 1.56. The average molecular weight is 343 g/mol. The van der Waals surface area contributed by atoms with Crippen LogP contribution in [0.3, 0.4) is 0 Å². The van der Waals surface area contributed by atoms with Gasteiger partial charge < -0.3 is 16.0 Å². The van der Waals surface area contributed by atoms with Crippen molar-refractivity contribution in [2.75, 3.05) is 26.7 Å². The summed E-state index contributed by atoms with van der Waals surface area (Å²) in [5.41, 5.74) is 5.94. The third kappa shape index (κ3) is 7.40. The van der Waals surface area contributed by atoms with Crippen molar-refractivity contribution in [2.45, 2.75) is 26.3 Å². The number of hydrogen-bond donors (Lipinski definition) is 2. The summed E-state index contributed by atoms with van der Waals surface area (Å²) >= 11 is 1.48. The zero-order valence-electron chi connectivity index (χ0n) is 12.1. The van der Waals surface area contributed by atoms with Gasteiger partial charge in [-0.2, -0.15) is 0 Å². The first-order valence-electron chi connectivity index (χ1n) is 6.17. The third-order valence-electron chi connectivity index (χ3n) is 2.77. The maximum Gasteiger partial charge on any atom is 0.270 e. The van der Waals surface area contributed by atoms with Crippen molar-refractivity contribution in [3.8, 4) is 0 Å². The summed E-state index contributed by atoms with van der Waals surface area (Å²) in [4.78, 5) is 18.2. The maximum absolute atomic E-state index is 11.8. The summed E-state index contributed by atoms with van der Waals surface area (Å²) in [6.45, 7) is 6.29. The van der Waals surface area contributed by atoms with Gasteiger partial charge in [0.2, 0.25) is 0 Å². The quantitative estimate of drug-likeness (QED) is 0.788. The number of carbonyl (C=O) groups is 1. The Bertz CT molecular complexity index is 387. The van der Waals surface area contributed by atoms with Gasteiger partial charge in [0.15, 0.2) is 0 Å². The van der Waals surface area contributed by atoms with Gasteiger partial charge in [0, 0.05) is 30.9 Å². The molecule has 0 saturated carbocycles. The van der Waals surface area contributed by atoms with Gasteiger partial charge in [0.1, 0.15) is 5.69 Å². The van der Waals surface area contributed by atoms with E-state index < -0.39 is 0 Å². The van der Waals surface area contributed by atoms with Crippen molar-refractivity contribution in [1.82, 2.24) is 15.2 Å². The molecule has 1 amide bonds. The lowest BCUT2D eigenvalue weighted by atomic mass is 10.3. The Morgan fingerprint density at radius 1 is 1.50 bits per heavy atom. The van der Waals surface area contributed by atoms with Gasteiger partial charge in [-0.1, -0.05) is 0 Å². The van der Waals surface area contributed by atoms with E-state index in [-0.39, 0.29) is 30.7 Å². The molecule has 1 aromatic heterocycles. The van der Waals surface area contributed by atoms with Crippen LogP contribution in [0.5, 0.6) is 0 Å². The Balaban J connectivity index is 0. The number of rotatable bonds is 7. The first-order valence-corrected chi connectivity index (χ1v) is 7.05. The maximum atomic E-state index is 11.8. The second-order valence-electron chi connectivity index (χ2n) is 4.50. The molecular formula is C12H24Cl2N4OS. The van der Waals surface area contributed by atoms with Crippen LogP contribution in [0, 0.1) is 0 Å². The van der Waals surface area contributed by atoms with Crippen LogP contribution >= 0.6 is 36.2 Å². The fourth-order valence-electron chi connectivity index (χ4n) is 1.35. The number of likely N-dealkylation sites (N-methyl/N-ethyl adjacent to an activating group) is 1. The number of halogens is 2. The van der Waals surface area contributed by atoms with Crippen molar-refractivity contribution in [3.63, 3.8) is 0 Å². The fourth-order valence-corrected chi connectivity index (χ4v) is 2.14. The Hall–Kier alpha value is -0.400. The van der Waals surface area contributed by atoms with E-state index in [0.29, 0.717) is 24.8 Å². The first-order chi connectivity index (χ1) is 8.54. The van der Waals surface area contributed by atoms with Crippen LogP contribution in [0.15, 0.2) is 5.38 Å². The Morgan fingerprint density at radius 3 is 2.70 bits per heavy atom.